The van der Waals surface area contributed by atoms with E-state index in [1.807, 2.05) is 49.5 Å². The monoisotopic (exact) mass is 364 g/mol. The number of nitrogens with zero attached hydrogens (tertiary/aromatic N) is 1. The minimum atomic E-state index is -0.868. The minimum absolute atomic E-state index is 0.672. The Labute approximate surface area is 126 Å². The van der Waals surface area contributed by atoms with Crippen molar-refractivity contribution in [3.8, 4) is 0 Å². The van der Waals surface area contributed by atoms with Crippen molar-refractivity contribution in [2.75, 3.05) is 0 Å². The van der Waals surface area contributed by atoms with E-state index in [0.29, 0.717) is 6.42 Å². The molecule has 1 unspecified atom stereocenters. The molecule has 1 aromatic carbocycles. The lowest BCUT2D eigenvalue weighted by Crippen LogP contribution is -2.37. The highest BCUT2D eigenvalue weighted by Crippen LogP contribution is 2.43. The third-order valence-corrected chi connectivity index (χ3v) is 5.06. The van der Waals surface area contributed by atoms with Gasteiger partial charge in [-0.15, -0.1) is 0 Å². The molecule has 2 heterocycles. The number of hydrogen-bond donors (Lipinski definition) is 1. The lowest BCUT2D eigenvalue weighted by atomic mass is 9.97. The molecule has 0 fully saturated rings. The van der Waals surface area contributed by atoms with Crippen LogP contribution in [0.15, 0.2) is 58.3 Å². The maximum atomic E-state index is 11.0. The van der Waals surface area contributed by atoms with Gasteiger partial charge in [-0.05, 0) is 47.2 Å². The van der Waals surface area contributed by atoms with Crippen molar-refractivity contribution in [3.05, 3.63) is 69.6 Å². The summed E-state index contributed by atoms with van der Waals surface area (Å²) in [4.78, 5) is 0. The first-order chi connectivity index (χ1) is 9.18. The molecule has 0 bridgehead atoms. The topological polar surface area (TPSA) is 24.1 Å². The number of pyridine rings is 1. The number of halogens is 1. The van der Waals surface area contributed by atoms with E-state index in [1.54, 1.807) is 0 Å². The van der Waals surface area contributed by atoms with Crippen molar-refractivity contribution in [1.29, 1.82) is 0 Å². The summed E-state index contributed by atoms with van der Waals surface area (Å²) in [7, 11) is 0. The Kier molecular flexibility index (Phi) is 3.19. The molecule has 1 aromatic heterocycles. The fourth-order valence-corrected chi connectivity index (χ4v) is 3.82. The molecule has 0 amide bonds. The quantitative estimate of drug-likeness (QED) is 0.642. The van der Waals surface area contributed by atoms with Crippen molar-refractivity contribution in [1.82, 2.24) is 0 Å². The number of rotatable bonds is 2. The van der Waals surface area contributed by atoms with Crippen molar-refractivity contribution < 1.29 is 9.67 Å². The van der Waals surface area contributed by atoms with E-state index in [2.05, 4.69) is 39.3 Å². The van der Waals surface area contributed by atoms with Gasteiger partial charge in [-0.1, -0.05) is 25.1 Å². The molecule has 0 saturated carbocycles. The summed E-state index contributed by atoms with van der Waals surface area (Å²) < 4.78 is 3.09. The molecular formula is C16H15INO+. The lowest BCUT2D eigenvalue weighted by molar-refractivity contribution is -0.588. The van der Waals surface area contributed by atoms with Gasteiger partial charge in [0.25, 0.3) is 0 Å². The summed E-state index contributed by atoms with van der Waals surface area (Å²) in [5, 5.41) is 11.0. The van der Waals surface area contributed by atoms with Crippen molar-refractivity contribution in [2.24, 2.45) is 0 Å². The fourth-order valence-electron chi connectivity index (χ4n) is 2.59. The second-order valence-corrected chi connectivity index (χ2v) is 5.78. The van der Waals surface area contributed by atoms with Crippen molar-refractivity contribution in [2.45, 2.75) is 18.9 Å². The van der Waals surface area contributed by atoms with Gasteiger partial charge in [0.2, 0.25) is 11.4 Å². The van der Waals surface area contributed by atoms with E-state index in [0.717, 1.165) is 20.5 Å². The summed E-state index contributed by atoms with van der Waals surface area (Å²) >= 11 is 2.28. The van der Waals surface area contributed by atoms with Crippen LogP contribution in [0, 0.1) is 0 Å². The Bertz CT molecular complexity index is 651. The summed E-state index contributed by atoms with van der Waals surface area (Å²) in [6.45, 7) is 2.02. The maximum Gasteiger partial charge on any atom is 0.231 e. The highest BCUT2D eigenvalue weighted by atomic mass is 127. The van der Waals surface area contributed by atoms with Gasteiger partial charge >= 0.3 is 0 Å². The first-order valence-corrected chi connectivity index (χ1v) is 7.46. The van der Waals surface area contributed by atoms with Crippen LogP contribution in [0.2, 0.25) is 0 Å². The molecule has 19 heavy (non-hydrogen) atoms. The predicted octanol–water partition coefficient (Wildman–Crippen LogP) is 3.24. The Hall–Kier alpha value is -1.20. The van der Waals surface area contributed by atoms with Crippen LogP contribution in [0.25, 0.3) is 5.70 Å². The number of fused-ring (bicyclic) bond motifs is 1. The van der Waals surface area contributed by atoms with E-state index in [1.165, 1.54) is 0 Å². The van der Waals surface area contributed by atoms with Gasteiger partial charge in [-0.25, -0.2) is 0 Å². The predicted molar refractivity (Wildman–Crippen MR) is 83.6 cm³/mol. The first kappa shape index (κ1) is 12.8. The Morgan fingerprint density at radius 2 is 1.79 bits per heavy atom. The Balaban J connectivity index is 2.29. The van der Waals surface area contributed by atoms with Crippen LogP contribution >= 0.6 is 22.6 Å². The van der Waals surface area contributed by atoms with Crippen LogP contribution in [0.5, 0.6) is 0 Å². The number of benzene rings is 1. The van der Waals surface area contributed by atoms with Gasteiger partial charge < -0.3 is 5.11 Å². The zero-order valence-electron chi connectivity index (χ0n) is 10.7. The highest BCUT2D eigenvalue weighted by molar-refractivity contribution is 14.1. The minimum Gasteiger partial charge on any atom is -0.374 e. The van der Waals surface area contributed by atoms with Crippen molar-refractivity contribution in [3.63, 3.8) is 0 Å². The lowest BCUT2D eigenvalue weighted by Gasteiger charge is -2.16. The molecule has 2 aromatic rings. The second-order valence-electron chi connectivity index (χ2n) is 4.70. The van der Waals surface area contributed by atoms with Crippen LogP contribution < -0.4 is 4.57 Å². The molecule has 0 aliphatic carbocycles. The van der Waals surface area contributed by atoms with Crippen LogP contribution in [-0.2, 0) is 5.60 Å². The van der Waals surface area contributed by atoms with Gasteiger partial charge in [0.1, 0.15) is 3.58 Å². The molecule has 3 rings (SSSR count). The molecule has 0 spiro atoms. The zero-order chi connectivity index (χ0) is 13.5. The Morgan fingerprint density at radius 3 is 2.47 bits per heavy atom. The number of aliphatic hydroxyl groups is 1. The number of aromatic nitrogens is 1. The largest absolute Gasteiger partial charge is 0.374 e. The maximum absolute atomic E-state index is 11.0. The third-order valence-electron chi connectivity index (χ3n) is 3.65. The summed E-state index contributed by atoms with van der Waals surface area (Å²) in [6.07, 6.45) is 2.69. The van der Waals surface area contributed by atoms with E-state index in [4.69, 9.17) is 0 Å². The third kappa shape index (κ3) is 1.83. The standard InChI is InChI=1S/C16H15INO/c1-2-16(19)13-10-6-7-11-18(13)14(15(16)17)12-8-4-3-5-9-12/h3-11,19H,2H2,1H3/q+1. The smallest absolute Gasteiger partial charge is 0.231 e. The van der Waals surface area contributed by atoms with Gasteiger partial charge in [-0.2, -0.15) is 4.57 Å². The van der Waals surface area contributed by atoms with Crippen molar-refractivity contribution >= 4 is 28.3 Å². The molecule has 2 nitrogen and oxygen atoms in total. The van der Waals surface area contributed by atoms with E-state index in [-0.39, 0.29) is 0 Å². The van der Waals surface area contributed by atoms with E-state index >= 15 is 0 Å². The number of hydrogen-bond acceptors (Lipinski definition) is 1. The average molecular weight is 364 g/mol. The normalized spacial score (nSPS) is 21.6. The van der Waals surface area contributed by atoms with Crippen LogP contribution in [0.4, 0.5) is 0 Å². The average Bonchev–Trinajstić information content (AvgIpc) is 2.70. The van der Waals surface area contributed by atoms with Gasteiger partial charge in [-0.3, -0.25) is 0 Å². The van der Waals surface area contributed by atoms with Gasteiger partial charge in [0.15, 0.2) is 11.8 Å². The van der Waals surface area contributed by atoms with Crippen LogP contribution in [0.1, 0.15) is 24.6 Å². The molecule has 0 radical (unpaired) electrons. The molecule has 1 atom stereocenters. The Morgan fingerprint density at radius 1 is 1.11 bits per heavy atom. The molecule has 3 heteroatoms. The SMILES string of the molecule is CCC1(O)C(I)=C(c2ccccc2)[n+]2ccccc21. The van der Waals surface area contributed by atoms with Gasteiger partial charge in [0, 0.05) is 17.7 Å². The molecule has 1 aliphatic rings. The van der Waals surface area contributed by atoms with E-state index in [9.17, 15) is 5.11 Å². The highest BCUT2D eigenvalue weighted by Gasteiger charge is 2.49. The van der Waals surface area contributed by atoms with Gasteiger partial charge in [0.05, 0.1) is 0 Å². The van der Waals surface area contributed by atoms with E-state index < -0.39 is 5.60 Å². The molecular weight excluding hydrogens is 349 g/mol. The summed E-state index contributed by atoms with van der Waals surface area (Å²) in [5.41, 5.74) is 2.29. The summed E-state index contributed by atoms with van der Waals surface area (Å²) in [5.74, 6) is 0. The fraction of sp³-hybridized carbons (Fsp3) is 0.188. The zero-order valence-corrected chi connectivity index (χ0v) is 12.8. The van der Waals surface area contributed by atoms with Crippen LogP contribution in [0.3, 0.4) is 0 Å². The summed E-state index contributed by atoms with van der Waals surface area (Å²) in [6, 6.07) is 16.2. The van der Waals surface area contributed by atoms with Crippen LogP contribution in [-0.4, -0.2) is 5.11 Å². The molecule has 1 aliphatic heterocycles. The molecule has 0 saturated heterocycles. The molecule has 96 valence electrons. The molecule has 1 N–H and O–H groups in total. The first-order valence-electron chi connectivity index (χ1n) is 6.38. The second kappa shape index (κ2) is 4.72.